The molecule has 0 saturated carbocycles. The quantitative estimate of drug-likeness (QED) is 0.622. The highest BCUT2D eigenvalue weighted by Gasteiger charge is 2.25. The van der Waals surface area contributed by atoms with Gasteiger partial charge in [0, 0.05) is 36.2 Å². The molecule has 4 rings (SSSR count). The zero-order valence-corrected chi connectivity index (χ0v) is 19.3. The number of benzene rings is 2. The van der Waals surface area contributed by atoms with Crippen LogP contribution in [0.5, 0.6) is 5.75 Å². The van der Waals surface area contributed by atoms with E-state index in [2.05, 4.69) is 54.5 Å². The van der Waals surface area contributed by atoms with Crippen molar-refractivity contribution in [1.82, 2.24) is 9.55 Å². The standard InChI is InChI=1S/C24H27N3O3S/c1-24(2,3)19-14-17(26-10-9-21(28)25-23(26)29)13-18(22(19)30-4)15-6-7-20-16(12-15)8-11-27(20)31-5/h6-7,9-10,12-14H,8,11H2,1-5H3,(H,25,28,29). The molecular weight excluding hydrogens is 410 g/mol. The number of aromatic nitrogens is 2. The summed E-state index contributed by atoms with van der Waals surface area (Å²) in [6, 6.07) is 11.8. The number of H-pyrrole nitrogens is 1. The molecule has 6 nitrogen and oxygen atoms in total. The Morgan fingerprint density at radius 1 is 1.10 bits per heavy atom. The first kappa shape index (κ1) is 21.3. The molecule has 0 spiro atoms. The van der Waals surface area contributed by atoms with E-state index in [9.17, 15) is 9.59 Å². The molecule has 1 aromatic heterocycles. The first-order valence-electron chi connectivity index (χ1n) is 10.2. The Morgan fingerprint density at radius 3 is 2.52 bits per heavy atom. The van der Waals surface area contributed by atoms with Crippen LogP contribution in [-0.4, -0.2) is 29.5 Å². The van der Waals surface area contributed by atoms with Crippen molar-refractivity contribution in [2.24, 2.45) is 0 Å². The Labute approximate surface area is 186 Å². The summed E-state index contributed by atoms with van der Waals surface area (Å²) >= 11 is 1.73. The molecule has 3 aromatic rings. The van der Waals surface area contributed by atoms with Crippen LogP contribution in [-0.2, 0) is 11.8 Å². The zero-order chi connectivity index (χ0) is 22.3. The minimum atomic E-state index is -0.465. The molecule has 1 N–H and O–H groups in total. The average Bonchev–Trinajstić information content (AvgIpc) is 3.14. The van der Waals surface area contributed by atoms with Gasteiger partial charge in [-0.1, -0.05) is 38.8 Å². The van der Waals surface area contributed by atoms with Gasteiger partial charge in [-0.15, -0.1) is 0 Å². The first-order valence-corrected chi connectivity index (χ1v) is 11.4. The summed E-state index contributed by atoms with van der Waals surface area (Å²) in [6.07, 6.45) is 4.60. The van der Waals surface area contributed by atoms with Crippen molar-refractivity contribution in [2.45, 2.75) is 32.6 Å². The molecule has 2 heterocycles. The SMILES string of the molecule is COc1c(-c2ccc3c(c2)CCN3SC)cc(-n2ccc(=O)[nH]c2=O)cc1C(C)(C)C. The molecular formula is C24H27N3O3S. The van der Waals surface area contributed by atoms with Gasteiger partial charge in [0.1, 0.15) is 5.75 Å². The van der Waals surface area contributed by atoms with Crippen LogP contribution in [0.25, 0.3) is 16.8 Å². The van der Waals surface area contributed by atoms with E-state index >= 15 is 0 Å². The van der Waals surface area contributed by atoms with Gasteiger partial charge in [-0.25, -0.2) is 4.79 Å². The third kappa shape index (κ3) is 3.90. The molecule has 0 fully saturated rings. The number of nitrogens with one attached hydrogen (secondary N) is 1. The van der Waals surface area contributed by atoms with Gasteiger partial charge in [-0.05, 0) is 47.2 Å². The fraction of sp³-hybridized carbons (Fsp3) is 0.333. The molecule has 0 saturated heterocycles. The summed E-state index contributed by atoms with van der Waals surface area (Å²) in [6.45, 7) is 7.35. The number of methoxy groups -OCH3 is 1. The van der Waals surface area contributed by atoms with Crippen LogP contribution >= 0.6 is 11.9 Å². The summed E-state index contributed by atoms with van der Waals surface area (Å²) in [4.78, 5) is 26.4. The molecule has 31 heavy (non-hydrogen) atoms. The van der Waals surface area contributed by atoms with Crippen molar-refractivity contribution >= 4 is 17.6 Å². The summed E-state index contributed by atoms with van der Waals surface area (Å²) < 4.78 is 9.66. The van der Waals surface area contributed by atoms with Gasteiger partial charge in [-0.2, -0.15) is 0 Å². The number of hydrogen-bond acceptors (Lipinski definition) is 5. The molecule has 1 aliphatic heterocycles. The van der Waals surface area contributed by atoms with Gasteiger partial charge in [0.2, 0.25) is 0 Å². The van der Waals surface area contributed by atoms with Gasteiger partial charge in [0.15, 0.2) is 0 Å². The summed E-state index contributed by atoms with van der Waals surface area (Å²) in [5, 5.41) is 0. The third-order valence-electron chi connectivity index (χ3n) is 5.65. The van der Waals surface area contributed by atoms with Crippen LogP contribution in [0.3, 0.4) is 0 Å². The lowest BCUT2D eigenvalue weighted by Gasteiger charge is -2.26. The second-order valence-corrected chi connectivity index (χ2v) is 9.49. The molecule has 0 atom stereocenters. The topological polar surface area (TPSA) is 67.3 Å². The van der Waals surface area contributed by atoms with E-state index in [1.165, 1.54) is 28.1 Å². The molecule has 7 heteroatoms. The Kier molecular flexibility index (Phi) is 5.47. The van der Waals surface area contributed by atoms with Gasteiger partial charge in [0.25, 0.3) is 5.56 Å². The monoisotopic (exact) mass is 437 g/mol. The van der Waals surface area contributed by atoms with E-state index < -0.39 is 11.2 Å². The molecule has 2 aromatic carbocycles. The summed E-state index contributed by atoms with van der Waals surface area (Å²) in [5.74, 6) is 0.799. The van der Waals surface area contributed by atoms with E-state index in [-0.39, 0.29) is 5.41 Å². The number of ether oxygens (including phenoxy) is 1. The zero-order valence-electron chi connectivity index (χ0n) is 18.5. The predicted octanol–water partition coefficient (Wildman–Crippen LogP) is 4.14. The number of anilines is 1. The predicted molar refractivity (Wildman–Crippen MR) is 128 cm³/mol. The van der Waals surface area contributed by atoms with E-state index in [1.54, 1.807) is 19.1 Å². The lowest BCUT2D eigenvalue weighted by Crippen LogP contribution is -2.27. The van der Waals surface area contributed by atoms with Crippen LogP contribution in [0.4, 0.5) is 5.69 Å². The van der Waals surface area contributed by atoms with E-state index in [4.69, 9.17) is 4.74 Å². The van der Waals surface area contributed by atoms with Crippen LogP contribution in [0.2, 0.25) is 0 Å². The second kappa shape index (κ2) is 7.96. The smallest absolute Gasteiger partial charge is 0.332 e. The largest absolute Gasteiger partial charge is 0.496 e. The van der Waals surface area contributed by atoms with E-state index in [0.29, 0.717) is 5.69 Å². The highest BCUT2D eigenvalue weighted by Crippen LogP contribution is 2.43. The minimum absolute atomic E-state index is 0.214. The van der Waals surface area contributed by atoms with Gasteiger partial charge in [-0.3, -0.25) is 14.3 Å². The van der Waals surface area contributed by atoms with Crippen LogP contribution in [0.15, 0.2) is 52.2 Å². The maximum atomic E-state index is 12.5. The van der Waals surface area contributed by atoms with E-state index in [1.807, 2.05) is 12.1 Å². The maximum Gasteiger partial charge on any atom is 0.332 e. The Bertz CT molecular complexity index is 1250. The number of hydrogen-bond donors (Lipinski definition) is 1. The van der Waals surface area contributed by atoms with Crippen molar-refractivity contribution < 1.29 is 4.74 Å². The highest BCUT2D eigenvalue weighted by molar-refractivity contribution is 8.00. The summed E-state index contributed by atoms with van der Waals surface area (Å²) in [7, 11) is 1.68. The van der Waals surface area contributed by atoms with Crippen molar-refractivity contribution in [3.05, 3.63) is 74.6 Å². The van der Waals surface area contributed by atoms with Crippen molar-refractivity contribution in [3.63, 3.8) is 0 Å². The summed E-state index contributed by atoms with van der Waals surface area (Å²) in [5.41, 5.74) is 5.11. The average molecular weight is 438 g/mol. The molecule has 0 aliphatic carbocycles. The minimum Gasteiger partial charge on any atom is -0.496 e. The first-order chi connectivity index (χ1) is 14.7. The number of aromatic amines is 1. The fourth-order valence-corrected chi connectivity index (χ4v) is 4.74. The fourth-order valence-electron chi connectivity index (χ4n) is 4.09. The second-order valence-electron chi connectivity index (χ2n) is 8.68. The van der Waals surface area contributed by atoms with Crippen molar-refractivity contribution in [2.75, 3.05) is 24.2 Å². The molecule has 162 valence electrons. The molecule has 0 radical (unpaired) electrons. The van der Waals surface area contributed by atoms with Crippen LogP contribution in [0.1, 0.15) is 31.9 Å². The highest BCUT2D eigenvalue weighted by atomic mass is 32.2. The van der Waals surface area contributed by atoms with Crippen molar-refractivity contribution in [1.29, 1.82) is 0 Å². The lowest BCUT2D eigenvalue weighted by molar-refractivity contribution is 0.399. The normalized spacial score (nSPS) is 13.4. The Hall–Kier alpha value is -2.93. The lowest BCUT2D eigenvalue weighted by atomic mass is 9.83. The van der Waals surface area contributed by atoms with Crippen LogP contribution in [0, 0.1) is 0 Å². The number of nitrogens with zero attached hydrogens (tertiary/aromatic N) is 2. The molecule has 0 bridgehead atoms. The number of fused-ring (bicyclic) bond motifs is 1. The Balaban J connectivity index is 1.97. The van der Waals surface area contributed by atoms with Gasteiger partial charge >= 0.3 is 5.69 Å². The third-order valence-corrected chi connectivity index (χ3v) is 6.47. The molecule has 0 amide bonds. The van der Waals surface area contributed by atoms with Crippen LogP contribution < -0.4 is 20.3 Å². The van der Waals surface area contributed by atoms with Gasteiger partial charge in [0.05, 0.1) is 18.5 Å². The van der Waals surface area contributed by atoms with E-state index in [0.717, 1.165) is 35.4 Å². The molecule has 1 aliphatic rings. The van der Waals surface area contributed by atoms with Gasteiger partial charge < -0.3 is 9.04 Å². The molecule has 0 unspecified atom stereocenters. The van der Waals surface area contributed by atoms with Crippen molar-refractivity contribution in [3.8, 4) is 22.6 Å². The maximum absolute atomic E-state index is 12.5. The Morgan fingerprint density at radius 2 is 1.87 bits per heavy atom. The number of rotatable bonds is 4.